The first-order valence-corrected chi connectivity index (χ1v) is 10.1. The average molecular weight is 439 g/mol. The van der Waals surface area contributed by atoms with Gasteiger partial charge in [0.15, 0.2) is 0 Å². The Morgan fingerprint density at radius 1 is 0.500 bits per heavy atom. The van der Waals surface area contributed by atoms with Crippen LogP contribution < -0.4 is 34.4 Å². The van der Waals surface area contributed by atoms with E-state index in [2.05, 4.69) is 0 Å². The van der Waals surface area contributed by atoms with Crippen LogP contribution in [0.5, 0.6) is 0 Å². The molecule has 0 aromatic rings. The molecule has 0 saturated carbocycles. The molecule has 0 spiro atoms. The molecule has 12 nitrogen and oxygen atoms in total. The highest BCUT2D eigenvalue weighted by molar-refractivity contribution is 5.73. The van der Waals surface area contributed by atoms with Crippen LogP contribution in [-0.2, 0) is 14.4 Å². The maximum atomic E-state index is 10.1. The van der Waals surface area contributed by atoms with Crippen LogP contribution >= 0.6 is 0 Å². The summed E-state index contributed by atoms with van der Waals surface area (Å²) in [6.45, 7) is 1.81. The summed E-state index contributed by atoms with van der Waals surface area (Å²) < 4.78 is 0. The monoisotopic (exact) mass is 438 g/mol. The third-order valence-electron chi connectivity index (χ3n) is 3.86. The van der Waals surface area contributed by atoms with Crippen molar-refractivity contribution < 1.29 is 29.7 Å². The number of rotatable bonds is 15. The first kappa shape index (κ1) is 32.8. The van der Waals surface area contributed by atoms with Gasteiger partial charge in [-0.3, -0.25) is 14.4 Å². The maximum Gasteiger partial charge on any atom is 0.320 e. The number of hydrogen-bond donors (Lipinski definition) is 9. The molecule has 0 heterocycles. The van der Waals surface area contributed by atoms with Crippen LogP contribution in [0.4, 0.5) is 0 Å². The Morgan fingerprint density at radius 3 is 0.833 bits per heavy atom. The standard InChI is InChI=1S/3C6H14N2O2/c3*7-4-2-1-3-5(8)6(9)10/h3*5H,1-4,7-8H2,(H,9,10)/t3*5-/m000/s1. The van der Waals surface area contributed by atoms with E-state index in [1.807, 2.05) is 0 Å². The minimum Gasteiger partial charge on any atom is -0.480 e. The summed E-state index contributed by atoms with van der Waals surface area (Å²) in [6.07, 6.45) is 6.49. The summed E-state index contributed by atoms with van der Waals surface area (Å²) >= 11 is 0. The van der Waals surface area contributed by atoms with Crippen LogP contribution in [0, 0.1) is 0 Å². The summed E-state index contributed by atoms with van der Waals surface area (Å²) in [4.78, 5) is 30.4. The second-order valence-electron chi connectivity index (χ2n) is 6.69. The van der Waals surface area contributed by atoms with E-state index in [-0.39, 0.29) is 0 Å². The molecular weight excluding hydrogens is 396 g/mol. The predicted octanol–water partition coefficient (Wildman–Crippen LogP) is -1.42. The van der Waals surface area contributed by atoms with Gasteiger partial charge in [-0.05, 0) is 58.2 Å². The van der Waals surface area contributed by atoms with Crippen LogP contribution in [0.3, 0.4) is 0 Å². The fraction of sp³-hybridized carbons (Fsp3) is 0.833. The molecule has 0 aliphatic carbocycles. The van der Waals surface area contributed by atoms with Crippen molar-refractivity contribution in [3.8, 4) is 0 Å². The van der Waals surface area contributed by atoms with E-state index in [1.54, 1.807) is 0 Å². The summed E-state index contributed by atoms with van der Waals surface area (Å²) in [5, 5.41) is 25.0. The lowest BCUT2D eigenvalue weighted by Gasteiger charge is -2.03. The van der Waals surface area contributed by atoms with Crippen molar-refractivity contribution in [2.24, 2.45) is 34.4 Å². The van der Waals surface area contributed by atoms with E-state index in [1.165, 1.54) is 0 Å². The molecule has 30 heavy (non-hydrogen) atoms. The minimum atomic E-state index is -0.933. The number of carboxylic acid groups (broad SMARTS) is 3. The molecule has 15 N–H and O–H groups in total. The lowest BCUT2D eigenvalue weighted by Crippen LogP contribution is -2.29. The van der Waals surface area contributed by atoms with Gasteiger partial charge in [-0.25, -0.2) is 0 Å². The topological polar surface area (TPSA) is 268 Å². The number of aliphatic carboxylic acids is 3. The molecule has 0 aromatic heterocycles. The first-order chi connectivity index (χ1) is 14.0. The fourth-order valence-corrected chi connectivity index (χ4v) is 1.90. The quantitative estimate of drug-likeness (QED) is 0.133. The van der Waals surface area contributed by atoms with Gasteiger partial charge in [-0.2, -0.15) is 0 Å². The van der Waals surface area contributed by atoms with Crippen molar-refractivity contribution >= 4 is 17.9 Å². The molecule has 0 aliphatic heterocycles. The maximum absolute atomic E-state index is 10.1. The molecular formula is C18H42N6O6. The zero-order valence-corrected chi connectivity index (χ0v) is 17.7. The van der Waals surface area contributed by atoms with Gasteiger partial charge in [0.1, 0.15) is 18.1 Å². The molecule has 0 amide bonds. The van der Waals surface area contributed by atoms with Gasteiger partial charge in [0.25, 0.3) is 0 Å². The minimum absolute atomic E-state index is 0.520. The van der Waals surface area contributed by atoms with E-state index in [9.17, 15) is 14.4 Å². The van der Waals surface area contributed by atoms with Crippen molar-refractivity contribution in [2.75, 3.05) is 19.6 Å². The number of carboxylic acids is 3. The van der Waals surface area contributed by atoms with Crippen molar-refractivity contribution in [3.63, 3.8) is 0 Å². The highest BCUT2D eigenvalue weighted by atomic mass is 16.4. The normalized spacial score (nSPS) is 13.0. The van der Waals surface area contributed by atoms with Crippen molar-refractivity contribution in [3.05, 3.63) is 0 Å². The van der Waals surface area contributed by atoms with Gasteiger partial charge >= 0.3 is 17.9 Å². The summed E-state index contributed by atoms with van der Waals surface area (Å²) in [6, 6.07) is -2.15. The molecule has 3 atom stereocenters. The fourth-order valence-electron chi connectivity index (χ4n) is 1.90. The first-order valence-electron chi connectivity index (χ1n) is 10.1. The van der Waals surface area contributed by atoms with Crippen molar-refractivity contribution in [2.45, 2.75) is 75.9 Å². The van der Waals surface area contributed by atoms with Crippen LogP contribution in [-0.4, -0.2) is 71.0 Å². The van der Waals surface area contributed by atoms with E-state index >= 15 is 0 Å². The molecule has 12 heteroatoms. The van der Waals surface area contributed by atoms with Gasteiger partial charge in [0.05, 0.1) is 0 Å². The van der Waals surface area contributed by atoms with Crippen LogP contribution in [0.25, 0.3) is 0 Å². The molecule has 0 aromatic carbocycles. The Balaban J connectivity index is -0.000000364. The average Bonchev–Trinajstić information content (AvgIpc) is 2.69. The number of carbonyl (C=O) groups is 3. The predicted molar refractivity (Wildman–Crippen MR) is 116 cm³/mol. The Kier molecular flexibility index (Phi) is 25.7. The summed E-state index contributed by atoms with van der Waals surface area (Å²) in [7, 11) is 0. The molecule has 0 rings (SSSR count). The van der Waals surface area contributed by atoms with Gasteiger partial charge in [-0.15, -0.1) is 0 Å². The molecule has 0 bridgehead atoms. The third kappa shape index (κ3) is 26.2. The third-order valence-corrected chi connectivity index (χ3v) is 3.86. The number of nitrogens with two attached hydrogens (primary N) is 6. The van der Waals surface area contributed by atoms with Crippen LogP contribution in [0.15, 0.2) is 0 Å². The van der Waals surface area contributed by atoms with Gasteiger partial charge in [-0.1, -0.05) is 19.3 Å². The Morgan fingerprint density at radius 2 is 0.700 bits per heavy atom. The van der Waals surface area contributed by atoms with Crippen molar-refractivity contribution in [1.29, 1.82) is 0 Å². The van der Waals surface area contributed by atoms with E-state index in [4.69, 9.17) is 49.7 Å². The second kappa shape index (κ2) is 23.4. The summed E-state index contributed by atoms with van der Waals surface area (Å²) in [5.41, 5.74) is 31.3. The zero-order valence-electron chi connectivity index (χ0n) is 17.7. The highest BCUT2D eigenvalue weighted by Crippen LogP contribution is 1.98. The second-order valence-corrected chi connectivity index (χ2v) is 6.69. The lowest BCUT2D eigenvalue weighted by molar-refractivity contribution is -0.139. The Labute approximate surface area is 178 Å². The molecule has 0 saturated heterocycles. The van der Waals surface area contributed by atoms with E-state index < -0.39 is 36.0 Å². The SMILES string of the molecule is NCCCC[C@H](N)C(=O)O.NCCCC[C@H](N)C(=O)O.NCCCC[C@H](N)C(=O)O. The Bertz CT molecular complexity index is 380. The molecule has 0 aliphatic rings. The van der Waals surface area contributed by atoms with Crippen molar-refractivity contribution in [1.82, 2.24) is 0 Å². The molecule has 0 radical (unpaired) electrons. The molecule has 180 valence electrons. The van der Waals surface area contributed by atoms with E-state index in [0.717, 1.165) is 38.5 Å². The smallest absolute Gasteiger partial charge is 0.320 e. The Hall–Kier alpha value is -1.83. The number of hydrogen-bond acceptors (Lipinski definition) is 9. The number of unbranched alkanes of at least 4 members (excludes halogenated alkanes) is 3. The van der Waals surface area contributed by atoms with Gasteiger partial charge in [0.2, 0.25) is 0 Å². The lowest BCUT2D eigenvalue weighted by atomic mass is 10.1. The van der Waals surface area contributed by atoms with E-state index in [0.29, 0.717) is 38.9 Å². The van der Waals surface area contributed by atoms with Crippen LogP contribution in [0.1, 0.15) is 57.8 Å². The zero-order chi connectivity index (χ0) is 23.9. The molecule has 0 fully saturated rings. The van der Waals surface area contributed by atoms with Gasteiger partial charge in [0, 0.05) is 0 Å². The largest absolute Gasteiger partial charge is 0.480 e. The van der Waals surface area contributed by atoms with Gasteiger partial charge < -0.3 is 49.7 Å². The summed E-state index contributed by atoms with van der Waals surface area (Å²) in [5.74, 6) is -2.80. The van der Waals surface area contributed by atoms with Crippen LogP contribution in [0.2, 0.25) is 0 Å². The highest BCUT2D eigenvalue weighted by Gasteiger charge is 2.10. The molecule has 0 unspecified atom stereocenters.